The van der Waals surface area contributed by atoms with E-state index in [1.165, 1.54) is 11.3 Å². The summed E-state index contributed by atoms with van der Waals surface area (Å²) in [7, 11) is 1.96. The van der Waals surface area contributed by atoms with Crippen LogP contribution < -0.4 is 16.8 Å². The average molecular weight is 227 g/mol. The molecule has 1 heterocycles. The molecule has 1 aromatic heterocycles. The molecule has 0 fully saturated rings. The van der Waals surface area contributed by atoms with E-state index in [4.69, 9.17) is 11.5 Å². The maximum Gasteiger partial charge on any atom is 0.212 e. The lowest BCUT2D eigenvalue weighted by Crippen LogP contribution is -2.21. The molecular formula is C9H17N5S. The monoisotopic (exact) mass is 227 g/mol. The molecule has 0 atom stereocenters. The van der Waals surface area contributed by atoms with Crippen molar-refractivity contribution in [1.29, 1.82) is 0 Å². The van der Waals surface area contributed by atoms with Gasteiger partial charge in [-0.15, -0.1) is 11.3 Å². The Morgan fingerprint density at radius 2 is 2.33 bits per heavy atom. The Morgan fingerprint density at radius 1 is 1.53 bits per heavy atom. The van der Waals surface area contributed by atoms with E-state index in [9.17, 15) is 0 Å². The van der Waals surface area contributed by atoms with Gasteiger partial charge in [0.2, 0.25) is 5.13 Å². The summed E-state index contributed by atoms with van der Waals surface area (Å²) in [5.41, 5.74) is 11.6. The van der Waals surface area contributed by atoms with Crippen molar-refractivity contribution in [2.24, 2.45) is 16.5 Å². The molecule has 0 aromatic carbocycles. The van der Waals surface area contributed by atoms with Crippen LogP contribution in [0.1, 0.15) is 18.5 Å². The second kappa shape index (κ2) is 6.36. The zero-order chi connectivity index (χ0) is 11.1. The first-order valence-corrected chi connectivity index (χ1v) is 5.79. The highest BCUT2D eigenvalue weighted by atomic mass is 32.1. The Kier molecular flexibility index (Phi) is 5.06. The topological polar surface area (TPSA) is 89.3 Å². The number of nitrogens with one attached hydrogen (secondary N) is 1. The Morgan fingerprint density at radius 3 is 3.00 bits per heavy atom. The molecule has 1 aromatic rings. The molecule has 5 nitrogen and oxygen atoms in total. The zero-order valence-electron chi connectivity index (χ0n) is 8.86. The number of aromatic nitrogens is 1. The minimum absolute atomic E-state index is 0.0612. The van der Waals surface area contributed by atoms with Gasteiger partial charge < -0.3 is 16.8 Å². The first-order chi connectivity index (χ1) is 7.22. The van der Waals surface area contributed by atoms with Crippen molar-refractivity contribution < 1.29 is 0 Å². The van der Waals surface area contributed by atoms with Gasteiger partial charge in [-0.25, -0.2) is 4.98 Å². The SMILES string of the molecule is CNCCCCc1csc(N=C(N)N)n1. The molecular weight excluding hydrogens is 210 g/mol. The van der Waals surface area contributed by atoms with Gasteiger partial charge in [-0.05, 0) is 32.9 Å². The second-order valence-corrected chi connectivity index (χ2v) is 4.06. The molecule has 0 unspecified atom stereocenters. The van der Waals surface area contributed by atoms with Crippen molar-refractivity contribution in [3.05, 3.63) is 11.1 Å². The molecule has 0 bridgehead atoms. The normalized spacial score (nSPS) is 10.2. The predicted octanol–water partition coefficient (Wildman–Crippen LogP) is 0.590. The van der Waals surface area contributed by atoms with E-state index < -0.39 is 0 Å². The molecule has 6 heteroatoms. The molecule has 0 aliphatic rings. The number of nitrogens with two attached hydrogens (primary N) is 2. The summed E-state index contributed by atoms with van der Waals surface area (Å²) in [4.78, 5) is 8.19. The number of hydrogen-bond donors (Lipinski definition) is 3. The fourth-order valence-electron chi connectivity index (χ4n) is 1.18. The van der Waals surface area contributed by atoms with Gasteiger partial charge in [-0.3, -0.25) is 0 Å². The van der Waals surface area contributed by atoms with Crippen LogP contribution in [0.15, 0.2) is 10.4 Å². The van der Waals surface area contributed by atoms with Gasteiger partial charge in [0.05, 0.1) is 5.69 Å². The highest BCUT2D eigenvalue weighted by Gasteiger charge is 2.00. The van der Waals surface area contributed by atoms with E-state index in [2.05, 4.69) is 15.3 Å². The summed E-state index contributed by atoms with van der Waals surface area (Å²) in [6, 6.07) is 0. The van der Waals surface area contributed by atoms with Gasteiger partial charge >= 0.3 is 0 Å². The molecule has 0 saturated heterocycles. The third kappa shape index (κ3) is 4.75. The maximum absolute atomic E-state index is 5.26. The average Bonchev–Trinajstić information content (AvgIpc) is 2.59. The van der Waals surface area contributed by atoms with Crippen LogP contribution in [0, 0.1) is 0 Å². The van der Waals surface area contributed by atoms with Crippen LogP contribution in [-0.2, 0) is 6.42 Å². The summed E-state index contributed by atoms with van der Waals surface area (Å²) in [5, 5.41) is 5.75. The fraction of sp³-hybridized carbons (Fsp3) is 0.556. The maximum atomic E-state index is 5.26. The first kappa shape index (κ1) is 11.9. The molecule has 0 saturated carbocycles. The molecule has 0 aliphatic heterocycles. The van der Waals surface area contributed by atoms with Crippen molar-refractivity contribution in [3.8, 4) is 0 Å². The Balaban J connectivity index is 2.36. The lowest BCUT2D eigenvalue weighted by atomic mass is 10.2. The highest BCUT2D eigenvalue weighted by molar-refractivity contribution is 7.13. The minimum atomic E-state index is 0.0612. The lowest BCUT2D eigenvalue weighted by molar-refractivity contribution is 0.672. The van der Waals surface area contributed by atoms with E-state index >= 15 is 0 Å². The van der Waals surface area contributed by atoms with Crippen LogP contribution in [-0.4, -0.2) is 24.5 Å². The van der Waals surface area contributed by atoms with E-state index in [1.807, 2.05) is 12.4 Å². The van der Waals surface area contributed by atoms with Gasteiger partial charge in [-0.2, -0.15) is 4.99 Å². The summed E-state index contributed by atoms with van der Waals surface area (Å²) in [5.74, 6) is 0.0612. The van der Waals surface area contributed by atoms with Gasteiger partial charge in [0, 0.05) is 5.38 Å². The van der Waals surface area contributed by atoms with Crippen molar-refractivity contribution >= 4 is 22.4 Å². The van der Waals surface area contributed by atoms with E-state index in [-0.39, 0.29) is 5.96 Å². The lowest BCUT2D eigenvalue weighted by Gasteiger charge is -1.97. The van der Waals surface area contributed by atoms with Crippen LogP contribution in [0.4, 0.5) is 5.13 Å². The number of aryl methyl sites for hydroxylation is 1. The molecule has 0 aliphatic carbocycles. The van der Waals surface area contributed by atoms with E-state index in [0.29, 0.717) is 5.13 Å². The zero-order valence-corrected chi connectivity index (χ0v) is 9.68. The highest BCUT2D eigenvalue weighted by Crippen LogP contribution is 2.19. The third-order valence-corrected chi connectivity index (χ3v) is 2.66. The molecule has 0 amide bonds. The summed E-state index contributed by atoms with van der Waals surface area (Å²) >= 11 is 1.47. The van der Waals surface area contributed by atoms with Crippen LogP contribution in [0.25, 0.3) is 0 Å². The van der Waals surface area contributed by atoms with Crippen molar-refractivity contribution in [1.82, 2.24) is 10.3 Å². The Hall–Kier alpha value is -1.14. The number of nitrogens with zero attached hydrogens (tertiary/aromatic N) is 2. The van der Waals surface area contributed by atoms with Crippen molar-refractivity contribution in [2.75, 3.05) is 13.6 Å². The number of thiazole rings is 1. The molecule has 15 heavy (non-hydrogen) atoms. The quantitative estimate of drug-likeness (QED) is 0.377. The Bertz CT molecular complexity index is 316. The second-order valence-electron chi connectivity index (χ2n) is 3.22. The van der Waals surface area contributed by atoms with Gasteiger partial charge in [0.25, 0.3) is 0 Å². The largest absolute Gasteiger partial charge is 0.370 e. The molecule has 0 radical (unpaired) electrons. The smallest absolute Gasteiger partial charge is 0.212 e. The first-order valence-electron chi connectivity index (χ1n) is 4.91. The summed E-state index contributed by atoms with van der Waals surface area (Å²) in [6.45, 7) is 1.05. The van der Waals surface area contributed by atoms with Crippen LogP contribution >= 0.6 is 11.3 Å². The van der Waals surface area contributed by atoms with Gasteiger partial charge in [-0.1, -0.05) is 0 Å². The molecule has 5 N–H and O–H groups in total. The van der Waals surface area contributed by atoms with Gasteiger partial charge in [0.1, 0.15) is 0 Å². The van der Waals surface area contributed by atoms with E-state index in [0.717, 1.165) is 31.5 Å². The summed E-state index contributed by atoms with van der Waals surface area (Å²) < 4.78 is 0. The van der Waals surface area contributed by atoms with Crippen LogP contribution in [0.2, 0.25) is 0 Å². The molecule has 0 spiro atoms. The number of rotatable bonds is 6. The van der Waals surface area contributed by atoms with E-state index in [1.54, 1.807) is 0 Å². The number of aliphatic imine (C=N–C) groups is 1. The fourth-order valence-corrected chi connectivity index (χ4v) is 1.92. The standard InChI is InChI=1S/C9H17N5S/c1-12-5-3-2-4-7-6-15-9(13-7)14-8(10)11/h6,12H,2-5H2,1H3,(H4,10,11,13,14). The third-order valence-electron chi connectivity index (χ3n) is 1.87. The van der Waals surface area contributed by atoms with Crippen LogP contribution in [0.3, 0.4) is 0 Å². The minimum Gasteiger partial charge on any atom is -0.370 e. The number of unbranched alkanes of at least 4 members (excludes halogenated alkanes) is 1. The molecule has 1 rings (SSSR count). The van der Waals surface area contributed by atoms with Crippen LogP contribution in [0.5, 0.6) is 0 Å². The molecule has 84 valence electrons. The van der Waals surface area contributed by atoms with Crippen molar-refractivity contribution in [2.45, 2.75) is 19.3 Å². The Labute approximate surface area is 93.6 Å². The number of guanidine groups is 1. The summed E-state index contributed by atoms with van der Waals surface area (Å²) in [6.07, 6.45) is 3.27. The van der Waals surface area contributed by atoms with Crippen molar-refractivity contribution in [3.63, 3.8) is 0 Å². The predicted molar refractivity (Wildman–Crippen MR) is 64.4 cm³/mol. The van der Waals surface area contributed by atoms with Gasteiger partial charge in [0.15, 0.2) is 5.96 Å². The number of hydrogen-bond acceptors (Lipinski definition) is 4.